The maximum absolute atomic E-state index is 6.02. The lowest BCUT2D eigenvalue weighted by Crippen LogP contribution is -2.28. The Balaban J connectivity index is 2.41. The highest BCUT2D eigenvalue weighted by Crippen LogP contribution is 2.34. The minimum absolute atomic E-state index is 0.493. The van der Waals surface area contributed by atoms with Crippen molar-refractivity contribution in [2.45, 2.75) is 46.1 Å². The Labute approximate surface area is 70.4 Å². The molecule has 0 saturated heterocycles. The molecule has 1 rings (SSSR count). The predicted octanol–water partition coefficient (Wildman–Crippen LogP) is 2.41. The second kappa shape index (κ2) is 3.57. The van der Waals surface area contributed by atoms with Crippen LogP contribution in [0.25, 0.3) is 0 Å². The Kier molecular flexibility index (Phi) is 2.94. The van der Waals surface area contributed by atoms with Crippen LogP contribution in [0.5, 0.6) is 0 Å². The highest BCUT2D eigenvalue weighted by Gasteiger charge is 2.30. The molecule has 1 nitrogen and oxygen atoms in total. The van der Waals surface area contributed by atoms with E-state index in [0.717, 1.165) is 17.8 Å². The molecule has 0 aromatic rings. The summed E-state index contributed by atoms with van der Waals surface area (Å²) in [7, 11) is 0. The van der Waals surface area contributed by atoms with Gasteiger partial charge in [-0.3, -0.25) is 0 Å². The molecule has 0 spiro atoms. The molecule has 1 heteroatoms. The zero-order valence-corrected chi connectivity index (χ0v) is 8.01. The Morgan fingerprint density at radius 1 is 1.36 bits per heavy atom. The van der Waals surface area contributed by atoms with Crippen molar-refractivity contribution >= 4 is 0 Å². The summed E-state index contributed by atoms with van der Waals surface area (Å²) in [5, 5.41) is 0. The SMILES string of the molecule is CC(C)CC1C(C)CCC1N. The zero-order valence-electron chi connectivity index (χ0n) is 8.01. The van der Waals surface area contributed by atoms with E-state index in [9.17, 15) is 0 Å². The van der Waals surface area contributed by atoms with Crippen molar-refractivity contribution in [1.29, 1.82) is 0 Å². The lowest BCUT2D eigenvalue weighted by atomic mass is 9.87. The third-order valence-corrected chi connectivity index (χ3v) is 2.98. The van der Waals surface area contributed by atoms with Crippen molar-refractivity contribution in [1.82, 2.24) is 0 Å². The van der Waals surface area contributed by atoms with Crippen LogP contribution in [0.1, 0.15) is 40.0 Å². The van der Waals surface area contributed by atoms with Gasteiger partial charge in [-0.25, -0.2) is 0 Å². The molecule has 0 aliphatic heterocycles. The van der Waals surface area contributed by atoms with Gasteiger partial charge in [0.25, 0.3) is 0 Å². The van der Waals surface area contributed by atoms with E-state index in [2.05, 4.69) is 20.8 Å². The van der Waals surface area contributed by atoms with Gasteiger partial charge < -0.3 is 5.73 Å². The summed E-state index contributed by atoms with van der Waals surface area (Å²) in [5.74, 6) is 2.48. The molecule has 0 radical (unpaired) electrons. The van der Waals surface area contributed by atoms with E-state index >= 15 is 0 Å². The van der Waals surface area contributed by atoms with Crippen molar-refractivity contribution in [2.24, 2.45) is 23.5 Å². The molecular weight excluding hydrogens is 134 g/mol. The minimum Gasteiger partial charge on any atom is -0.327 e. The normalized spacial score (nSPS) is 38.5. The van der Waals surface area contributed by atoms with Crippen LogP contribution in [-0.2, 0) is 0 Å². The first-order chi connectivity index (χ1) is 5.11. The lowest BCUT2D eigenvalue weighted by molar-refractivity contribution is 0.317. The fourth-order valence-corrected chi connectivity index (χ4v) is 2.26. The van der Waals surface area contributed by atoms with Crippen LogP contribution in [0.4, 0.5) is 0 Å². The van der Waals surface area contributed by atoms with Gasteiger partial charge >= 0.3 is 0 Å². The summed E-state index contributed by atoms with van der Waals surface area (Å²) in [4.78, 5) is 0. The van der Waals surface area contributed by atoms with Crippen LogP contribution >= 0.6 is 0 Å². The molecule has 0 aromatic carbocycles. The highest BCUT2D eigenvalue weighted by atomic mass is 14.7. The molecule has 3 atom stereocenters. The summed E-state index contributed by atoms with van der Waals surface area (Å²) in [6, 6.07) is 0.493. The van der Waals surface area contributed by atoms with E-state index in [0.29, 0.717) is 6.04 Å². The summed E-state index contributed by atoms with van der Waals surface area (Å²) in [5.41, 5.74) is 6.02. The van der Waals surface area contributed by atoms with Crippen LogP contribution in [0.3, 0.4) is 0 Å². The van der Waals surface area contributed by atoms with Crippen LogP contribution in [0.2, 0.25) is 0 Å². The maximum Gasteiger partial charge on any atom is 0.00699 e. The fourth-order valence-electron chi connectivity index (χ4n) is 2.26. The van der Waals surface area contributed by atoms with Gasteiger partial charge in [0, 0.05) is 6.04 Å². The molecule has 3 unspecified atom stereocenters. The van der Waals surface area contributed by atoms with E-state index in [4.69, 9.17) is 5.73 Å². The van der Waals surface area contributed by atoms with Gasteiger partial charge in [-0.15, -0.1) is 0 Å². The molecule has 1 fully saturated rings. The van der Waals surface area contributed by atoms with E-state index in [1.807, 2.05) is 0 Å². The first-order valence-electron chi connectivity index (χ1n) is 4.87. The summed E-state index contributed by atoms with van der Waals surface area (Å²) in [6.07, 6.45) is 3.92. The molecular formula is C10H21N. The highest BCUT2D eigenvalue weighted by molar-refractivity contribution is 4.85. The first kappa shape index (κ1) is 9.05. The third kappa shape index (κ3) is 2.19. The van der Waals surface area contributed by atoms with Crippen molar-refractivity contribution in [3.8, 4) is 0 Å². The summed E-state index contributed by atoms with van der Waals surface area (Å²) in [6.45, 7) is 6.93. The van der Waals surface area contributed by atoms with Crippen molar-refractivity contribution in [2.75, 3.05) is 0 Å². The van der Waals surface area contributed by atoms with Crippen molar-refractivity contribution in [3.63, 3.8) is 0 Å². The maximum atomic E-state index is 6.02. The van der Waals surface area contributed by atoms with Crippen LogP contribution < -0.4 is 5.73 Å². The molecule has 1 aliphatic rings. The van der Waals surface area contributed by atoms with E-state index in [1.165, 1.54) is 19.3 Å². The second-order valence-corrected chi connectivity index (χ2v) is 4.51. The summed E-state index contributed by atoms with van der Waals surface area (Å²) < 4.78 is 0. The zero-order chi connectivity index (χ0) is 8.43. The molecule has 1 aliphatic carbocycles. The van der Waals surface area contributed by atoms with Crippen molar-refractivity contribution in [3.05, 3.63) is 0 Å². The van der Waals surface area contributed by atoms with E-state index in [1.54, 1.807) is 0 Å². The Hall–Kier alpha value is -0.0400. The average molecular weight is 155 g/mol. The molecule has 0 heterocycles. The van der Waals surface area contributed by atoms with Gasteiger partial charge in [-0.1, -0.05) is 20.8 Å². The molecule has 1 saturated carbocycles. The van der Waals surface area contributed by atoms with Gasteiger partial charge in [0.05, 0.1) is 0 Å². The monoisotopic (exact) mass is 155 g/mol. The second-order valence-electron chi connectivity index (χ2n) is 4.51. The number of rotatable bonds is 2. The Morgan fingerprint density at radius 3 is 2.36 bits per heavy atom. The van der Waals surface area contributed by atoms with Gasteiger partial charge in [0.15, 0.2) is 0 Å². The standard InChI is InChI=1S/C10H21N/c1-7(2)6-9-8(3)4-5-10(9)11/h7-10H,4-6,11H2,1-3H3. The lowest BCUT2D eigenvalue weighted by Gasteiger charge is -2.21. The number of nitrogens with two attached hydrogens (primary N) is 1. The average Bonchev–Trinajstić information content (AvgIpc) is 2.18. The summed E-state index contributed by atoms with van der Waals surface area (Å²) >= 11 is 0. The van der Waals surface area contributed by atoms with Gasteiger partial charge in [0.2, 0.25) is 0 Å². The van der Waals surface area contributed by atoms with Crippen LogP contribution in [0, 0.1) is 17.8 Å². The quantitative estimate of drug-likeness (QED) is 0.651. The number of hydrogen-bond donors (Lipinski definition) is 1. The molecule has 66 valence electrons. The van der Waals surface area contributed by atoms with Crippen molar-refractivity contribution < 1.29 is 0 Å². The van der Waals surface area contributed by atoms with Gasteiger partial charge in [-0.2, -0.15) is 0 Å². The molecule has 0 bridgehead atoms. The van der Waals surface area contributed by atoms with Crippen LogP contribution in [0.15, 0.2) is 0 Å². The molecule has 11 heavy (non-hydrogen) atoms. The fraction of sp³-hybridized carbons (Fsp3) is 1.00. The molecule has 0 amide bonds. The minimum atomic E-state index is 0.493. The van der Waals surface area contributed by atoms with Crippen LogP contribution in [-0.4, -0.2) is 6.04 Å². The largest absolute Gasteiger partial charge is 0.327 e. The van der Waals surface area contributed by atoms with E-state index in [-0.39, 0.29) is 0 Å². The van der Waals surface area contributed by atoms with E-state index < -0.39 is 0 Å². The molecule has 2 N–H and O–H groups in total. The predicted molar refractivity (Wildman–Crippen MR) is 49.3 cm³/mol. The Morgan fingerprint density at radius 2 is 2.00 bits per heavy atom. The molecule has 0 aromatic heterocycles. The van der Waals surface area contributed by atoms with Gasteiger partial charge in [-0.05, 0) is 37.0 Å². The topological polar surface area (TPSA) is 26.0 Å². The Bertz CT molecular complexity index is 110. The van der Waals surface area contributed by atoms with Gasteiger partial charge in [0.1, 0.15) is 0 Å². The smallest absolute Gasteiger partial charge is 0.00699 e. The third-order valence-electron chi connectivity index (χ3n) is 2.98. The number of hydrogen-bond acceptors (Lipinski definition) is 1. The first-order valence-corrected chi connectivity index (χ1v) is 4.87.